The van der Waals surface area contributed by atoms with Crippen molar-refractivity contribution >= 4 is 17.6 Å². The summed E-state index contributed by atoms with van der Waals surface area (Å²) in [5.41, 5.74) is -1.17. The molecule has 0 atom stereocenters. The Bertz CT molecular complexity index is 703. The smallest absolute Gasteiger partial charge is 0.355 e. The van der Waals surface area contributed by atoms with Crippen LogP contribution >= 0.6 is 0 Å². The molecule has 0 bridgehead atoms. The van der Waals surface area contributed by atoms with Gasteiger partial charge >= 0.3 is 11.9 Å². The second kappa shape index (κ2) is 7.26. The Balaban J connectivity index is 2.68. The molecule has 9 heteroatoms. The van der Waals surface area contributed by atoms with E-state index in [2.05, 4.69) is 9.47 Å². The van der Waals surface area contributed by atoms with Gasteiger partial charge in [0, 0.05) is 0 Å². The lowest BCUT2D eigenvalue weighted by Crippen LogP contribution is -2.39. The number of carbonyl (C=O) groups excluding carboxylic acids is 2. The first kappa shape index (κ1) is 17.7. The first-order valence-electron chi connectivity index (χ1n) is 6.73. The van der Waals surface area contributed by atoms with Gasteiger partial charge in [-0.05, 0) is 12.1 Å². The number of hydrogen-bond donors (Lipinski definition) is 0. The highest BCUT2D eigenvalue weighted by Crippen LogP contribution is 2.35. The van der Waals surface area contributed by atoms with Crippen LogP contribution < -0.4 is 9.64 Å². The van der Waals surface area contributed by atoms with Gasteiger partial charge < -0.3 is 23.8 Å². The summed E-state index contributed by atoms with van der Waals surface area (Å²) >= 11 is 0. The zero-order valence-electron chi connectivity index (χ0n) is 13.2. The summed E-state index contributed by atoms with van der Waals surface area (Å²) in [6.07, 6.45) is 0. The van der Waals surface area contributed by atoms with Crippen LogP contribution in [-0.2, 0) is 23.8 Å². The fraction of sp³-hybridized carbons (Fsp3) is 0.333. The number of hydrogen-bond acceptors (Lipinski definition) is 7. The molecular formula is C15H15F2NO6. The van der Waals surface area contributed by atoms with E-state index in [1.807, 2.05) is 0 Å². The first-order chi connectivity index (χ1) is 11.5. The fourth-order valence-electron chi connectivity index (χ4n) is 2.25. The summed E-state index contributed by atoms with van der Waals surface area (Å²) in [6.45, 7) is -0.632. The molecule has 0 radical (unpaired) electrons. The second-order valence-corrected chi connectivity index (χ2v) is 4.63. The molecule has 1 aliphatic rings. The Kier molecular flexibility index (Phi) is 5.35. The largest absolute Gasteiger partial charge is 0.494 e. The van der Waals surface area contributed by atoms with Crippen LogP contribution in [0.2, 0.25) is 0 Å². The number of ether oxygens (including phenoxy) is 4. The summed E-state index contributed by atoms with van der Waals surface area (Å²) in [7, 11) is 3.40. The summed E-state index contributed by atoms with van der Waals surface area (Å²) in [5.74, 6) is -4.08. The SMILES string of the molecule is COC(=O)C1=C(C(=O)OC)N(c2c(F)ccc(OC)c2F)COC1. The number of halogens is 2. The average molecular weight is 343 g/mol. The zero-order chi connectivity index (χ0) is 17.9. The Morgan fingerprint density at radius 3 is 2.38 bits per heavy atom. The highest BCUT2D eigenvalue weighted by molar-refractivity contribution is 6.03. The minimum absolute atomic E-state index is 0.211. The van der Waals surface area contributed by atoms with Crippen molar-refractivity contribution in [2.75, 3.05) is 39.6 Å². The summed E-state index contributed by atoms with van der Waals surface area (Å²) in [6, 6.07) is 2.07. The van der Waals surface area contributed by atoms with Gasteiger partial charge in [0.05, 0.1) is 33.5 Å². The quantitative estimate of drug-likeness (QED) is 0.764. The van der Waals surface area contributed by atoms with Crippen LogP contribution in [0, 0.1) is 11.6 Å². The summed E-state index contributed by atoms with van der Waals surface area (Å²) in [5, 5.41) is 0. The normalized spacial score (nSPS) is 14.5. The Labute approximate surface area is 136 Å². The molecule has 0 fully saturated rings. The van der Waals surface area contributed by atoms with E-state index in [1.54, 1.807) is 0 Å². The van der Waals surface area contributed by atoms with Gasteiger partial charge in [-0.2, -0.15) is 0 Å². The Morgan fingerprint density at radius 1 is 1.12 bits per heavy atom. The number of rotatable bonds is 4. The van der Waals surface area contributed by atoms with Crippen molar-refractivity contribution in [3.05, 3.63) is 35.0 Å². The molecule has 0 aromatic heterocycles. The molecule has 0 spiro atoms. The van der Waals surface area contributed by atoms with Crippen LogP contribution in [0.3, 0.4) is 0 Å². The number of methoxy groups -OCH3 is 3. The van der Waals surface area contributed by atoms with Crippen molar-refractivity contribution in [2.45, 2.75) is 0 Å². The maximum absolute atomic E-state index is 14.5. The van der Waals surface area contributed by atoms with Gasteiger partial charge in [-0.15, -0.1) is 0 Å². The maximum atomic E-state index is 14.5. The molecule has 0 aliphatic carbocycles. The van der Waals surface area contributed by atoms with E-state index in [-0.39, 0.29) is 30.4 Å². The third-order valence-corrected chi connectivity index (χ3v) is 3.35. The monoisotopic (exact) mass is 343 g/mol. The molecule has 1 aliphatic heterocycles. The third kappa shape index (κ3) is 3.02. The number of nitrogens with zero attached hydrogens (tertiary/aromatic N) is 1. The van der Waals surface area contributed by atoms with E-state index in [9.17, 15) is 18.4 Å². The number of esters is 2. The molecule has 0 saturated carbocycles. The molecule has 0 amide bonds. The first-order valence-corrected chi connectivity index (χ1v) is 6.73. The predicted octanol–water partition coefficient (Wildman–Crippen LogP) is 1.37. The molecule has 130 valence electrons. The summed E-state index contributed by atoms with van der Waals surface area (Å²) < 4.78 is 47.9. The van der Waals surface area contributed by atoms with Gasteiger partial charge in [0.2, 0.25) is 0 Å². The lowest BCUT2D eigenvalue weighted by atomic mass is 10.1. The lowest BCUT2D eigenvalue weighted by Gasteiger charge is -2.31. The van der Waals surface area contributed by atoms with Crippen LogP contribution in [0.4, 0.5) is 14.5 Å². The molecule has 7 nitrogen and oxygen atoms in total. The van der Waals surface area contributed by atoms with E-state index >= 15 is 0 Å². The maximum Gasteiger partial charge on any atom is 0.355 e. The van der Waals surface area contributed by atoms with Crippen molar-refractivity contribution in [3.8, 4) is 5.75 Å². The van der Waals surface area contributed by atoms with Gasteiger partial charge in [-0.25, -0.2) is 18.4 Å². The van der Waals surface area contributed by atoms with Crippen LogP contribution in [0.1, 0.15) is 0 Å². The topological polar surface area (TPSA) is 74.3 Å². The van der Waals surface area contributed by atoms with Crippen molar-refractivity contribution in [1.82, 2.24) is 0 Å². The van der Waals surface area contributed by atoms with Crippen molar-refractivity contribution < 1.29 is 37.3 Å². The number of anilines is 1. The van der Waals surface area contributed by atoms with Crippen LogP contribution in [0.25, 0.3) is 0 Å². The zero-order valence-corrected chi connectivity index (χ0v) is 13.2. The second-order valence-electron chi connectivity index (χ2n) is 4.63. The third-order valence-electron chi connectivity index (χ3n) is 3.35. The number of benzene rings is 1. The predicted molar refractivity (Wildman–Crippen MR) is 77.3 cm³/mol. The van der Waals surface area contributed by atoms with Crippen LogP contribution in [0.5, 0.6) is 5.75 Å². The average Bonchev–Trinajstić information content (AvgIpc) is 2.60. The Morgan fingerprint density at radius 2 is 1.79 bits per heavy atom. The minimum Gasteiger partial charge on any atom is -0.494 e. The van der Waals surface area contributed by atoms with E-state index in [4.69, 9.17) is 9.47 Å². The minimum atomic E-state index is -1.05. The lowest BCUT2D eigenvalue weighted by molar-refractivity contribution is -0.140. The highest BCUT2D eigenvalue weighted by atomic mass is 19.1. The highest BCUT2D eigenvalue weighted by Gasteiger charge is 2.35. The van der Waals surface area contributed by atoms with Gasteiger partial charge in [-0.3, -0.25) is 0 Å². The molecule has 1 aromatic rings. The molecule has 0 N–H and O–H groups in total. The van der Waals surface area contributed by atoms with Crippen LogP contribution in [0.15, 0.2) is 23.4 Å². The molecule has 2 rings (SSSR count). The standard InChI is InChI=1S/C15H15F2NO6/c1-21-10-5-4-9(16)13(11(10)17)18-7-24-6-8(14(19)22-2)12(18)15(20)23-3/h4-5H,6-7H2,1-3H3. The van der Waals surface area contributed by atoms with Gasteiger partial charge in [0.15, 0.2) is 11.6 Å². The van der Waals surface area contributed by atoms with Gasteiger partial charge in [-0.1, -0.05) is 0 Å². The van der Waals surface area contributed by atoms with E-state index in [0.29, 0.717) is 0 Å². The van der Waals surface area contributed by atoms with E-state index in [0.717, 1.165) is 31.3 Å². The molecular weight excluding hydrogens is 328 g/mol. The van der Waals surface area contributed by atoms with Gasteiger partial charge in [0.25, 0.3) is 0 Å². The van der Waals surface area contributed by atoms with E-state index in [1.165, 1.54) is 7.11 Å². The Hall–Kier alpha value is -2.68. The summed E-state index contributed by atoms with van der Waals surface area (Å²) in [4.78, 5) is 24.8. The van der Waals surface area contributed by atoms with Crippen molar-refractivity contribution in [2.24, 2.45) is 0 Å². The van der Waals surface area contributed by atoms with E-state index < -0.39 is 29.3 Å². The fourth-order valence-corrected chi connectivity index (χ4v) is 2.25. The molecule has 24 heavy (non-hydrogen) atoms. The number of carbonyl (C=O) groups is 2. The van der Waals surface area contributed by atoms with Crippen molar-refractivity contribution in [3.63, 3.8) is 0 Å². The van der Waals surface area contributed by atoms with Crippen LogP contribution in [-0.4, -0.2) is 46.6 Å². The molecule has 0 unspecified atom stereocenters. The molecule has 1 aromatic carbocycles. The van der Waals surface area contributed by atoms with Crippen molar-refractivity contribution in [1.29, 1.82) is 0 Å². The molecule has 0 saturated heterocycles. The molecule has 1 heterocycles. The van der Waals surface area contributed by atoms with Gasteiger partial charge in [0.1, 0.15) is 23.9 Å².